The van der Waals surface area contributed by atoms with Crippen LogP contribution in [-0.4, -0.2) is 30.3 Å². The minimum absolute atomic E-state index is 0.0233. The van der Waals surface area contributed by atoms with Gasteiger partial charge in [-0.15, -0.1) is 0 Å². The van der Waals surface area contributed by atoms with Crippen LogP contribution in [-0.2, 0) is 9.53 Å². The smallest absolute Gasteiger partial charge is 0.222 e. The Morgan fingerprint density at radius 1 is 1.38 bits per heavy atom. The molecular weight excluding hydrogens is 326 g/mol. The van der Waals surface area contributed by atoms with Crippen LogP contribution >= 0.6 is 0 Å². The Labute approximate surface area is 156 Å². The third-order valence-corrected chi connectivity index (χ3v) is 7.52. The van der Waals surface area contributed by atoms with Crippen molar-refractivity contribution in [3.63, 3.8) is 0 Å². The quantitative estimate of drug-likeness (QED) is 0.868. The van der Waals surface area contributed by atoms with Crippen LogP contribution in [0.5, 0.6) is 0 Å². The lowest BCUT2D eigenvalue weighted by atomic mass is 9.58. The van der Waals surface area contributed by atoms with Crippen LogP contribution in [0.25, 0.3) is 0 Å². The molecule has 2 bridgehead atoms. The Hall–Kier alpha value is -1.39. The van der Waals surface area contributed by atoms with E-state index < -0.39 is 0 Å². The number of hydrogen-bond acceptors (Lipinski definition) is 3. The van der Waals surface area contributed by atoms with Crippen molar-refractivity contribution in [2.45, 2.75) is 58.6 Å². The standard InChI is InChI=1S/C22H31NO3/c1-14-5-4-6-15(11-14)19-17-12-16-13-22(17,8-10-26-19)20(21(16,2)3)23-18(25)7-9-24/h4-6,11,16-17,19-20,24H,7-10,12-13H2,1-3H3,(H,23,25)/t16-,17-,19-,20-,22?/m1/s1. The Morgan fingerprint density at radius 3 is 2.92 bits per heavy atom. The maximum absolute atomic E-state index is 12.3. The molecule has 1 amide bonds. The Bertz CT molecular complexity index is 700. The van der Waals surface area contributed by atoms with Gasteiger partial charge in [0.25, 0.3) is 0 Å². The molecule has 2 N–H and O–H groups in total. The summed E-state index contributed by atoms with van der Waals surface area (Å²) in [6.07, 6.45) is 3.69. The number of aryl methyl sites for hydroxylation is 1. The average molecular weight is 357 g/mol. The van der Waals surface area contributed by atoms with Crippen molar-refractivity contribution in [1.82, 2.24) is 5.32 Å². The highest BCUT2D eigenvalue weighted by molar-refractivity contribution is 5.76. The molecule has 1 saturated heterocycles. The molecule has 4 heteroatoms. The molecule has 4 rings (SSSR count). The van der Waals surface area contributed by atoms with Gasteiger partial charge >= 0.3 is 0 Å². The molecule has 2 aliphatic carbocycles. The molecular formula is C22H31NO3. The van der Waals surface area contributed by atoms with Crippen molar-refractivity contribution in [2.75, 3.05) is 13.2 Å². The summed E-state index contributed by atoms with van der Waals surface area (Å²) in [5.41, 5.74) is 2.75. The number of rotatable bonds is 4. The van der Waals surface area contributed by atoms with E-state index in [0.29, 0.717) is 11.8 Å². The van der Waals surface area contributed by atoms with Crippen molar-refractivity contribution in [3.05, 3.63) is 35.4 Å². The summed E-state index contributed by atoms with van der Waals surface area (Å²) >= 11 is 0. The lowest BCUT2D eigenvalue weighted by molar-refractivity contribution is -0.137. The van der Waals surface area contributed by atoms with Crippen LogP contribution in [0.3, 0.4) is 0 Å². The minimum atomic E-state index is -0.0894. The zero-order chi connectivity index (χ0) is 18.5. The van der Waals surface area contributed by atoms with Crippen LogP contribution in [0.15, 0.2) is 24.3 Å². The highest BCUT2D eigenvalue weighted by atomic mass is 16.5. The lowest BCUT2D eigenvalue weighted by Crippen LogP contribution is -2.59. The number of ether oxygens (including phenoxy) is 1. The van der Waals surface area contributed by atoms with E-state index in [1.807, 2.05) is 0 Å². The lowest BCUT2D eigenvalue weighted by Gasteiger charge is -2.53. The van der Waals surface area contributed by atoms with E-state index in [1.54, 1.807) is 0 Å². The van der Waals surface area contributed by atoms with Crippen molar-refractivity contribution in [1.29, 1.82) is 0 Å². The molecule has 0 radical (unpaired) electrons. The normalized spacial score (nSPS) is 37.4. The van der Waals surface area contributed by atoms with Gasteiger partial charge in [-0.3, -0.25) is 4.79 Å². The van der Waals surface area contributed by atoms with Crippen molar-refractivity contribution < 1.29 is 14.6 Å². The van der Waals surface area contributed by atoms with Gasteiger partial charge in [-0.2, -0.15) is 0 Å². The minimum Gasteiger partial charge on any atom is -0.396 e. The third-order valence-electron chi connectivity index (χ3n) is 7.52. The zero-order valence-corrected chi connectivity index (χ0v) is 16.1. The molecule has 3 aliphatic rings. The SMILES string of the molecule is Cc1cccc([C@H]2OCCC34C[C@@H](C[C@H]23)C(C)(C)[C@H]4NC(=O)CCO)c1. The molecule has 1 aromatic carbocycles. The molecule has 26 heavy (non-hydrogen) atoms. The van der Waals surface area contributed by atoms with E-state index in [0.717, 1.165) is 13.0 Å². The monoisotopic (exact) mass is 357 g/mol. The fourth-order valence-corrected chi connectivity index (χ4v) is 6.30. The number of fused-ring (bicyclic) bond motifs is 1. The number of carbonyl (C=O) groups excluding carboxylic acids is 1. The second-order valence-corrected chi connectivity index (χ2v) is 9.23. The molecule has 4 nitrogen and oxygen atoms in total. The highest BCUT2D eigenvalue weighted by Gasteiger charge is 2.68. The fraction of sp³-hybridized carbons (Fsp3) is 0.682. The molecule has 2 saturated carbocycles. The van der Waals surface area contributed by atoms with Gasteiger partial charge in [0.1, 0.15) is 0 Å². The van der Waals surface area contributed by atoms with E-state index in [2.05, 4.69) is 50.4 Å². The topological polar surface area (TPSA) is 58.6 Å². The number of benzene rings is 1. The van der Waals surface area contributed by atoms with Crippen molar-refractivity contribution in [3.8, 4) is 0 Å². The first-order chi connectivity index (χ1) is 12.4. The molecule has 1 aliphatic heterocycles. The van der Waals surface area contributed by atoms with E-state index in [-0.39, 0.29) is 41.9 Å². The number of aliphatic hydroxyl groups is 1. The summed E-state index contributed by atoms with van der Waals surface area (Å²) in [5.74, 6) is 1.04. The molecule has 0 aromatic heterocycles. The summed E-state index contributed by atoms with van der Waals surface area (Å²) < 4.78 is 6.30. The van der Waals surface area contributed by atoms with Crippen LogP contribution in [0.2, 0.25) is 0 Å². The van der Waals surface area contributed by atoms with Gasteiger partial charge in [-0.05, 0) is 54.4 Å². The summed E-state index contributed by atoms with van der Waals surface area (Å²) in [7, 11) is 0. The van der Waals surface area contributed by atoms with E-state index in [9.17, 15) is 4.79 Å². The van der Waals surface area contributed by atoms with Crippen LogP contribution < -0.4 is 5.32 Å². The molecule has 1 spiro atoms. The molecule has 1 aromatic rings. The largest absolute Gasteiger partial charge is 0.396 e. The second kappa shape index (κ2) is 6.35. The van der Waals surface area contributed by atoms with Gasteiger partial charge in [-0.25, -0.2) is 0 Å². The Balaban J connectivity index is 1.67. The first-order valence-electron chi connectivity index (χ1n) is 9.97. The van der Waals surface area contributed by atoms with Gasteiger partial charge in [0.2, 0.25) is 5.91 Å². The Morgan fingerprint density at radius 2 is 2.19 bits per heavy atom. The molecule has 5 atom stereocenters. The van der Waals surface area contributed by atoms with Gasteiger partial charge < -0.3 is 15.2 Å². The maximum atomic E-state index is 12.3. The molecule has 142 valence electrons. The Kier molecular flexibility index (Phi) is 4.39. The van der Waals surface area contributed by atoms with Crippen molar-refractivity contribution in [2.24, 2.45) is 22.7 Å². The summed E-state index contributed by atoms with van der Waals surface area (Å²) in [5, 5.41) is 12.5. The zero-order valence-electron chi connectivity index (χ0n) is 16.1. The molecule has 3 fully saturated rings. The van der Waals surface area contributed by atoms with E-state index in [4.69, 9.17) is 9.84 Å². The van der Waals surface area contributed by atoms with Gasteiger partial charge in [-0.1, -0.05) is 43.7 Å². The van der Waals surface area contributed by atoms with Crippen LogP contribution in [0, 0.1) is 29.6 Å². The van der Waals surface area contributed by atoms with Crippen LogP contribution in [0.1, 0.15) is 56.8 Å². The van der Waals surface area contributed by atoms with E-state index >= 15 is 0 Å². The van der Waals surface area contributed by atoms with Gasteiger partial charge in [0.05, 0.1) is 12.7 Å². The first-order valence-corrected chi connectivity index (χ1v) is 9.97. The fourth-order valence-electron chi connectivity index (χ4n) is 6.30. The van der Waals surface area contributed by atoms with Gasteiger partial charge in [0, 0.05) is 19.1 Å². The predicted octanol–water partition coefficient (Wildman–Crippen LogP) is 3.38. The predicted molar refractivity (Wildman–Crippen MR) is 101 cm³/mol. The first kappa shape index (κ1) is 18.0. The number of aliphatic hydroxyl groups excluding tert-OH is 1. The van der Waals surface area contributed by atoms with Gasteiger partial charge in [0.15, 0.2) is 0 Å². The van der Waals surface area contributed by atoms with Crippen molar-refractivity contribution >= 4 is 5.91 Å². The van der Waals surface area contributed by atoms with Crippen LogP contribution in [0.4, 0.5) is 0 Å². The van der Waals surface area contributed by atoms with E-state index in [1.165, 1.54) is 24.0 Å². The highest BCUT2D eigenvalue weighted by Crippen LogP contribution is 2.70. The maximum Gasteiger partial charge on any atom is 0.222 e. The number of nitrogens with one attached hydrogen (secondary N) is 1. The summed E-state index contributed by atoms with van der Waals surface area (Å²) in [6.45, 7) is 7.41. The number of hydrogen-bond donors (Lipinski definition) is 2. The number of carbonyl (C=O) groups is 1. The second-order valence-electron chi connectivity index (χ2n) is 9.23. The molecule has 1 unspecified atom stereocenters. The number of amides is 1. The summed E-state index contributed by atoms with van der Waals surface area (Å²) in [4.78, 5) is 12.3. The summed E-state index contributed by atoms with van der Waals surface area (Å²) in [6, 6.07) is 8.85. The average Bonchev–Trinajstić information content (AvgIpc) is 3.08. The third kappa shape index (κ3) is 2.61. The molecule has 1 heterocycles.